The summed E-state index contributed by atoms with van der Waals surface area (Å²) in [6.45, 7) is 6.11. The molecule has 17 heavy (non-hydrogen) atoms. The summed E-state index contributed by atoms with van der Waals surface area (Å²) in [5, 5.41) is 8.96. The molecule has 0 aromatic carbocycles. The average Bonchev–Trinajstić information content (AvgIpc) is 2.60. The van der Waals surface area contributed by atoms with Crippen molar-refractivity contribution >= 4 is 0 Å². The van der Waals surface area contributed by atoms with E-state index in [9.17, 15) is 0 Å². The van der Waals surface area contributed by atoms with Crippen LogP contribution in [0.1, 0.15) is 58.8 Å². The Morgan fingerprint density at radius 1 is 1.24 bits per heavy atom. The first-order valence-corrected chi connectivity index (χ1v) is 7.51. The minimum Gasteiger partial charge on any atom is -0.396 e. The van der Waals surface area contributed by atoms with Crippen molar-refractivity contribution in [3.05, 3.63) is 0 Å². The summed E-state index contributed by atoms with van der Waals surface area (Å²) in [4.78, 5) is 2.51. The van der Waals surface area contributed by atoms with Gasteiger partial charge in [-0.05, 0) is 38.1 Å². The average molecular weight is 241 g/mol. The molecule has 0 saturated heterocycles. The normalized spacial score (nSPS) is 28.1. The fraction of sp³-hybridized carbons (Fsp3) is 1.00. The van der Waals surface area contributed by atoms with E-state index in [1.165, 1.54) is 38.5 Å². The zero-order valence-electron chi connectivity index (χ0n) is 12.0. The van der Waals surface area contributed by atoms with Crippen molar-refractivity contribution in [2.45, 2.75) is 64.8 Å². The van der Waals surface area contributed by atoms with Gasteiger partial charge in [-0.25, -0.2) is 0 Å². The van der Waals surface area contributed by atoms with E-state index in [0.29, 0.717) is 6.61 Å². The molecule has 0 aliphatic heterocycles. The smallest absolute Gasteiger partial charge is 0.0443 e. The molecule has 1 N–H and O–H groups in total. The first-order valence-electron chi connectivity index (χ1n) is 7.51. The van der Waals surface area contributed by atoms with Gasteiger partial charge in [-0.15, -0.1) is 0 Å². The quantitative estimate of drug-likeness (QED) is 0.721. The summed E-state index contributed by atoms with van der Waals surface area (Å²) >= 11 is 0. The standard InChI is InChI=1S/C15H31NO/c1-4-13(2)14-9-6-5-7-10-15(14)16(3)11-8-12-17/h13-15,17H,4-12H2,1-3H3. The summed E-state index contributed by atoms with van der Waals surface area (Å²) in [5.41, 5.74) is 0. The molecule has 3 atom stereocenters. The van der Waals surface area contributed by atoms with Crippen molar-refractivity contribution in [2.24, 2.45) is 11.8 Å². The lowest BCUT2D eigenvalue weighted by Crippen LogP contribution is -2.40. The third-order valence-electron chi connectivity index (χ3n) is 4.64. The van der Waals surface area contributed by atoms with E-state index in [4.69, 9.17) is 5.11 Å². The van der Waals surface area contributed by atoms with Gasteiger partial charge in [-0.3, -0.25) is 0 Å². The van der Waals surface area contributed by atoms with Gasteiger partial charge in [0.25, 0.3) is 0 Å². The van der Waals surface area contributed by atoms with E-state index in [2.05, 4.69) is 25.8 Å². The molecule has 2 nitrogen and oxygen atoms in total. The molecule has 1 aliphatic carbocycles. The molecule has 0 aromatic heterocycles. The van der Waals surface area contributed by atoms with Crippen LogP contribution in [-0.2, 0) is 0 Å². The summed E-state index contributed by atoms with van der Waals surface area (Å²) in [5.74, 6) is 1.71. The molecule has 0 spiro atoms. The number of aliphatic hydroxyl groups is 1. The lowest BCUT2D eigenvalue weighted by molar-refractivity contribution is 0.118. The van der Waals surface area contributed by atoms with E-state index in [-0.39, 0.29) is 0 Å². The second-order valence-electron chi connectivity index (χ2n) is 5.81. The number of aliphatic hydroxyl groups excluding tert-OH is 1. The van der Waals surface area contributed by atoms with Crippen LogP contribution >= 0.6 is 0 Å². The van der Waals surface area contributed by atoms with Gasteiger partial charge in [0.15, 0.2) is 0 Å². The number of rotatable bonds is 6. The van der Waals surface area contributed by atoms with Crippen molar-refractivity contribution in [1.29, 1.82) is 0 Å². The lowest BCUT2D eigenvalue weighted by Gasteiger charge is -2.36. The highest BCUT2D eigenvalue weighted by Crippen LogP contribution is 2.33. The first-order chi connectivity index (χ1) is 8.20. The highest BCUT2D eigenvalue weighted by Gasteiger charge is 2.29. The third-order valence-corrected chi connectivity index (χ3v) is 4.64. The fourth-order valence-electron chi connectivity index (χ4n) is 3.32. The third kappa shape index (κ3) is 4.59. The van der Waals surface area contributed by atoms with Gasteiger partial charge in [0.05, 0.1) is 0 Å². The number of hydrogen-bond acceptors (Lipinski definition) is 2. The Morgan fingerprint density at radius 2 is 1.94 bits per heavy atom. The molecule has 0 heterocycles. The lowest BCUT2D eigenvalue weighted by atomic mass is 9.81. The zero-order chi connectivity index (χ0) is 12.7. The molecule has 1 fully saturated rings. The Kier molecular flexibility index (Phi) is 7.14. The van der Waals surface area contributed by atoms with Crippen molar-refractivity contribution in [1.82, 2.24) is 4.90 Å². The second kappa shape index (κ2) is 8.10. The highest BCUT2D eigenvalue weighted by molar-refractivity contribution is 4.83. The van der Waals surface area contributed by atoms with Crippen molar-refractivity contribution in [3.63, 3.8) is 0 Å². The van der Waals surface area contributed by atoms with E-state index in [1.54, 1.807) is 0 Å². The second-order valence-corrected chi connectivity index (χ2v) is 5.81. The molecule has 0 amide bonds. The van der Waals surface area contributed by atoms with E-state index in [1.807, 2.05) is 0 Å². The number of nitrogens with zero attached hydrogens (tertiary/aromatic N) is 1. The summed E-state index contributed by atoms with van der Waals surface area (Å²) < 4.78 is 0. The summed E-state index contributed by atoms with van der Waals surface area (Å²) in [6.07, 6.45) is 9.20. The van der Waals surface area contributed by atoms with Gasteiger partial charge >= 0.3 is 0 Å². The van der Waals surface area contributed by atoms with Crippen LogP contribution in [0.2, 0.25) is 0 Å². The Labute approximate surface area is 107 Å². The van der Waals surface area contributed by atoms with Crippen LogP contribution in [0.4, 0.5) is 0 Å². The monoisotopic (exact) mass is 241 g/mol. The van der Waals surface area contributed by atoms with Crippen LogP contribution in [0, 0.1) is 11.8 Å². The van der Waals surface area contributed by atoms with Crippen molar-refractivity contribution in [2.75, 3.05) is 20.2 Å². The van der Waals surface area contributed by atoms with Gasteiger partial charge in [0.1, 0.15) is 0 Å². The Bertz CT molecular complexity index is 195. The van der Waals surface area contributed by atoms with Gasteiger partial charge in [-0.1, -0.05) is 39.5 Å². The molecule has 2 heteroatoms. The van der Waals surface area contributed by atoms with E-state index in [0.717, 1.165) is 30.8 Å². The Hall–Kier alpha value is -0.0800. The van der Waals surface area contributed by atoms with Crippen molar-refractivity contribution < 1.29 is 5.11 Å². The zero-order valence-corrected chi connectivity index (χ0v) is 12.0. The molecule has 0 radical (unpaired) electrons. The van der Waals surface area contributed by atoms with Crippen LogP contribution in [0.25, 0.3) is 0 Å². The minimum atomic E-state index is 0.324. The van der Waals surface area contributed by atoms with E-state index >= 15 is 0 Å². The Balaban J connectivity index is 2.60. The topological polar surface area (TPSA) is 23.5 Å². The van der Waals surface area contributed by atoms with Crippen molar-refractivity contribution in [3.8, 4) is 0 Å². The Morgan fingerprint density at radius 3 is 2.59 bits per heavy atom. The molecule has 1 saturated carbocycles. The summed E-state index contributed by atoms with van der Waals surface area (Å²) in [6, 6.07) is 0.749. The number of hydrogen-bond donors (Lipinski definition) is 1. The van der Waals surface area contributed by atoms with Crippen LogP contribution in [0.5, 0.6) is 0 Å². The maximum atomic E-state index is 8.96. The van der Waals surface area contributed by atoms with Gasteiger partial charge in [0, 0.05) is 19.2 Å². The molecular formula is C15H31NO. The van der Waals surface area contributed by atoms with E-state index < -0.39 is 0 Å². The minimum absolute atomic E-state index is 0.324. The van der Waals surface area contributed by atoms with Crippen LogP contribution < -0.4 is 0 Å². The molecule has 0 bridgehead atoms. The van der Waals surface area contributed by atoms with Crippen LogP contribution in [0.15, 0.2) is 0 Å². The van der Waals surface area contributed by atoms with Gasteiger partial charge in [-0.2, -0.15) is 0 Å². The molecule has 102 valence electrons. The largest absolute Gasteiger partial charge is 0.396 e. The molecule has 1 aliphatic rings. The summed E-state index contributed by atoms with van der Waals surface area (Å²) in [7, 11) is 2.25. The molecule has 3 unspecified atom stereocenters. The maximum absolute atomic E-state index is 8.96. The SMILES string of the molecule is CCC(C)C1CCCCCC1N(C)CCCO. The van der Waals surface area contributed by atoms with Crippen LogP contribution in [0.3, 0.4) is 0 Å². The predicted octanol–water partition coefficient (Wildman–Crippen LogP) is 3.30. The molecule has 0 aromatic rings. The van der Waals surface area contributed by atoms with Gasteiger partial charge < -0.3 is 10.0 Å². The highest BCUT2D eigenvalue weighted by atomic mass is 16.3. The first kappa shape index (κ1) is 15.0. The molecular weight excluding hydrogens is 210 g/mol. The van der Waals surface area contributed by atoms with Gasteiger partial charge in [0.2, 0.25) is 0 Å². The fourth-order valence-corrected chi connectivity index (χ4v) is 3.32. The maximum Gasteiger partial charge on any atom is 0.0443 e. The predicted molar refractivity (Wildman–Crippen MR) is 74.2 cm³/mol. The van der Waals surface area contributed by atoms with Crippen LogP contribution in [-0.4, -0.2) is 36.2 Å². The molecule has 1 rings (SSSR count).